The van der Waals surface area contributed by atoms with Gasteiger partial charge >= 0.3 is 0 Å². The molecular weight excluding hydrogens is 406 g/mol. The van der Waals surface area contributed by atoms with Crippen LogP contribution in [0.5, 0.6) is 0 Å². The van der Waals surface area contributed by atoms with E-state index in [1.165, 1.54) is 18.2 Å². The van der Waals surface area contributed by atoms with Gasteiger partial charge in [0.1, 0.15) is 30.5 Å². The van der Waals surface area contributed by atoms with Crippen LogP contribution in [0.15, 0.2) is 30.3 Å². The summed E-state index contributed by atoms with van der Waals surface area (Å²) in [5.74, 6) is -1.81. The van der Waals surface area contributed by atoms with Crippen LogP contribution in [-0.4, -0.2) is 51.4 Å². The van der Waals surface area contributed by atoms with Crippen molar-refractivity contribution in [2.24, 2.45) is 0 Å². The second kappa shape index (κ2) is 9.04. The molecule has 2 aromatic rings. The molecule has 1 fully saturated rings. The van der Waals surface area contributed by atoms with E-state index < -0.39 is 48.8 Å². The summed E-state index contributed by atoms with van der Waals surface area (Å²) in [6.07, 6.45) is -6.13. The zero-order valence-electron chi connectivity index (χ0n) is 15.7. The third kappa shape index (κ3) is 4.30. The number of aliphatic hydroxyl groups excluding tert-OH is 4. The summed E-state index contributed by atoms with van der Waals surface area (Å²) < 4.78 is 34.1. The van der Waals surface area contributed by atoms with E-state index in [0.717, 1.165) is 0 Å². The molecule has 0 aliphatic carbocycles. The molecule has 2 aromatic carbocycles. The van der Waals surface area contributed by atoms with Crippen molar-refractivity contribution in [2.45, 2.75) is 50.3 Å². The predicted octanol–water partition coefficient (Wildman–Crippen LogP) is 2.29. The summed E-state index contributed by atoms with van der Waals surface area (Å²) in [6.45, 7) is 1.19. The Bertz CT molecular complexity index is 876. The number of halogens is 3. The van der Waals surface area contributed by atoms with Crippen molar-refractivity contribution >= 4 is 11.6 Å². The highest BCUT2D eigenvalue weighted by Crippen LogP contribution is 2.34. The Kier molecular flexibility index (Phi) is 6.88. The Morgan fingerprint density at radius 1 is 0.931 bits per heavy atom. The molecule has 0 saturated carbocycles. The molecule has 3 rings (SSSR count). The van der Waals surface area contributed by atoms with E-state index in [2.05, 4.69) is 0 Å². The van der Waals surface area contributed by atoms with Crippen molar-refractivity contribution in [2.75, 3.05) is 6.61 Å². The molecule has 1 saturated heterocycles. The van der Waals surface area contributed by atoms with Crippen LogP contribution < -0.4 is 0 Å². The number of aryl methyl sites for hydroxylation is 1. The van der Waals surface area contributed by atoms with Gasteiger partial charge in [0.15, 0.2) is 11.6 Å². The molecule has 158 valence electrons. The van der Waals surface area contributed by atoms with Gasteiger partial charge in [0.2, 0.25) is 0 Å². The number of rotatable bonds is 5. The maximum absolute atomic E-state index is 14.4. The molecule has 0 amide bonds. The third-order valence-electron chi connectivity index (χ3n) is 5.29. The van der Waals surface area contributed by atoms with E-state index in [4.69, 9.17) is 16.3 Å². The van der Waals surface area contributed by atoms with Gasteiger partial charge in [-0.05, 0) is 34.7 Å². The largest absolute Gasteiger partial charge is 0.394 e. The van der Waals surface area contributed by atoms with Crippen molar-refractivity contribution in [3.63, 3.8) is 0 Å². The van der Waals surface area contributed by atoms with Gasteiger partial charge in [0.25, 0.3) is 0 Å². The fraction of sp³-hybridized carbons (Fsp3) is 0.429. The van der Waals surface area contributed by atoms with E-state index >= 15 is 0 Å². The molecule has 29 heavy (non-hydrogen) atoms. The van der Waals surface area contributed by atoms with Crippen LogP contribution in [0.25, 0.3) is 0 Å². The van der Waals surface area contributed by atoms with Gasteiger partial charge in [-0.1, -0.05) is 42.8 Å². The fourth-order valence-electron chi connectivity index (χ4n) is 3.53. The molecule has 1 aliphatic heterocycles. The molecule has 0 spiro atoms. The lowest BCUT2D eigenvalue weighted by molar-refractivity contribution is -0.231. The first-order chi connectivity index (χ1) is 13.8. The quantitative estimate of drug-likeness (QED) is 0.586. The molecule has 4 N–H and O–H groups in total. The minimum Gasteiger partial charge on any atom is -0.394 e. The number of hydrogen-bond donors (Lipinski definition) is 4. The summed E-state index contributed by atoms with van der Waals surface area (Å²) >= 11 is 6.23. The summed E-state index contributed by atoms with van der Waals surface area (Å²) in [5, 5.41) is 39.9. The topological polar surface area (TPSA) is 90.2 Å². The minimum absolute atomic E-state index is 0.0108. The maximum Gasteiger partial charge on any atom is 0.162 e. The van der Waals surface area contributed by atoms with E-state index in [1.807, 2.05) is 0 Å². The van der Waals surface area contributed by atoms with Crippen molar-refractivity contribution in [1.29, 1.82) is 0 Å². The van der Waals surface area contributed by atoms with Gasteiger partial charge in [0.05, 0.1) is 6.61 Å². The number of aliphatic hydroxyl groups is 4. The molecule has 1 heterocycles. The molecule has 1 unspecified atom stereocenters. The lowest BCUT2D eigenvalue weighted by atomic mass is 9.90. The van der Waals surface area contributed by atoms with E-state index in [9.17, 15) is 29.2 Å². The zero-order chi connectivity index (χ0) is 21.3. The van der Waals surface area contributed by atoms with E-state index in [-0.39, 0.29) is 17.5 Å². The number of benzene rings is 2. The molecular formula is C21H23ClF2O5. The zero-order valence-corrected chi connectivity index (χ0v) is 16.5. The summed E-state index contributed by atoms with van der Waals surface area (Å²) in [5.41, 5.74) is 1.32. The summed E-state index contributed by atoms with van der Waals surface area (Å²) in [6, 6.07) is 7.70. The van der Waals surface area contributed by atoms with Crippen LogP contribution in [0, 0.1) is 11.6 Å². The Labute approximate surface area is 172 Å². The van der Waals surface area contributed by atoms with Gasteiger partial charge < -0.3 is 25.2 Å². The second-order valence-electron chi connectivity index (χ2n) is 7.14. The van der Waals surface area contributed by atoms with Crippen molar-refractivity contribution in [3.05, 3.63) is 69.2 Å². The maximum atomic E-state index is 14.4. The van der Waals surface area contributed by atoms with Crippen molar-refractivity contribution in [3.8, 4) is 0 Å². The van der Waals surface area contributed by atoms with E-state index in [0.29, 0.717) is 22.6 Å². The van der Waals surface area contributed by atoms with Crippen LogP contribution in [0.4, 0.5) is 8.78 Å². The third-order valence-corrected chi connectivity index (χ3v) is 5.66. The average molecular weight is 429 g/mol. The van der Waals surface area contributed by atoms with Gasteiger partial charge in [-0.15, -0.1) is 0 Å². The van der Waals surface area contributed by atoms with Crippen molar-refractivity contribution < 1.29 is 33.9 Å². The average Bonchev–Trinajstić information content (AvgIpc) is 2.72. The Morgan fingerprint density at radius 2 is 1.59 bits per heavy atom. The Morgan fingerprint density at radius 3 is 2.24 bits per heavy atom. The highest BCUT2D eigenvalue weighted by Gasteiger charge is 2.44. The second-order valence-corrected chi connectivity index (χ2v) is 7.55. The molecule has 0 radical (unpaired) electrons. The Balaban J connectivity index is 1.92. The molecule has 0 aromatic heterocycles. The van der Waals surface area contributed by atoms with Gasteiger partial charge in [-0.2, -0.15) is 0 Å². The summed E-state index contributed by atoms with van der Waals surface area (Å²) in [4.78, 5) is 0. The van der Waals surface area contributed by atoms with E-state index in [1.54, 1.807) is 19.1 Å². The number of ether oxygens (including phenoxy) is 1. The lowest BCUT2D eigenvalue weighted by Gasteiger charge is -2.40. The van der Waals surface area contributed by atoms with Crippen LogP contribution in [0.1, 0.15) is 35.3 Å². The molecule has 5 atom stereocenters. The monoisotopic (exact) mass is 428 g/mol. The highest BCUT2D eigenvalue weighted by molar-refractivity contribution is 6.31. The molecule has 1 aliphatic rings. The Hall–Kier alpha value is -1.61. The molecule has 8 heteroatoms. The van der Waals surface area contributed by atoms with Crippen molar-refractivity contribution in [1.82, 2.24) is 0 Å². The van der Waals surface area contributed by atoms with Crippen LogP contribution in [-0.2, 0) is 17.6 Å². The van der Waals surface area contributed by atoms with Crippen LogP contribution >= 0.6 is 11.6 Å². The first-order valence-corrected chi connectivity index (χ1v) is 9.70. The first-order valence-electron chi connectivity index (χ1n) is 9.33. The molecule has 5 nitrogen and oxygen atoms in total. The van der Waals surface area contributed by atoms with Crippen LogP contribution in [0.2, 0.25) is 5.02 Å². The van der Waals surface area contributed by atoms with Gasteiger partial charge in [0, 0.05) is 11.4 Å². The number of hydrogen-bond acceptors (Lipinski definition) is 5. The first kappa shape index (κ1) is 22.1. The SMILES string of the molecule is CCc1ccc(Cc2cc([C@@H]3OC(CO)[C@@H](O)[C@H](O)[C@H]3O)ccc2Cl)c(F)c1F. The minimum atomic E-state index is -1.52. The lowest BCUT2D eigenvalue weighted by Crippen LogP contribution is -2.55. The molecule has 0 bridgehead atoms. The predicted molar refractivity (Wildman–Crippen MR) is 103 cm³/mol. The highest BCUT2D eigenvalue weighted by atomic mass is 35.5. The fourth-order valence-corrected chi connectivity index (χ4v) is 3.71. The standard InChI is InChI=1S/C21H23ClF2O5/c1-2-10-3-4-11(17(24)16(10)23)7-13-8-12(5-6-14(13)22)21-20(28)19(27)18(26)15(9-25)29-21/h3-6,8,15,18-21,25-28H,2,7,9H2,1H3/t15?,18-,19+,20-,21+/m1/s1. The van der Waals surface area contributed by atoms with Gasteiger partial charge in [-0.3, -0.25) is 0 Å². The normalized spacial score (nSPS) is 27.2. The van der Waals surface area contributed by atoms with Crippen LogP contribution in [0.3, 0.4) is 0 Å². The van der Waals surface area contributed by atoms with Gasteiger partial charge in [-0.25, -0.2) is 8.78 Å². The smallest absolute Gasteiger partial charge is 0.162 e. The summed E-state index contributed by atoms with van der Waals surface area (Å²) in [7, 11) is 0.